The summed E-state index contributed by atoms with van der Waals surface area (Å²) < 4.78 is 41.5. The lowest BCUT2D eigenvalue weighted by Gasteiger charge is -2.39. The number of hydrogen-bond acceptors (Lipinski definition) is 11. The Morgan fingerprint density at radius 3 is 1.87 bits per heavy atom. The van der Waals surface area contributed by atoms with Crippen LogP contribution in [0.3, 0.4) is 0 Å². The van der Waals surface area contributed by atoms with Crippen molar-refractivity contribution >= 4 is 76.6 Å². The average Bonchev–Trinajstić information content (AvgIpc) is 1.62. The van der Waals surface area contributed by atoms with Gasteiger partial charge < -0.3 is 55.6 Å². The Balaban J connectivity index is 1.38. The summed E-state index contributed by atoms with van der Waals surface area (Å²) in [6.07, 6.45) is 3.28. The van der Waals surface area contributed by atoms with Crippen LogP contribution in [0, 0.1) is 23.7 Å². The molecule has 4 N–H and O–H groups in total. The van der Waals surface area contributed by atoms with E-state index in [4.69, 9.17) is 11.6 Å². The second-order valence-electron chi connectivity index (χ2n) is 27.6. The Bertz CT molecular complexity index is 2850. The minimum Gasteiger partial charge on any atom is -0.351 e. The fraction of sp³-hybridized carbons (Fsp3) is 0.742. The van der Waals surface area contributed by atoms with E-state index in [0.29, 0.717) is 44.1 Å². The predicted molar refractivity (Wildman–Crippen MR) is 340 cm³/mol. The van der Waals surface area contributed by atoms with Crippen LogP contribution in [0.4, 0.5) is 13.2 Å². The molecule has 6 rings (SSSR count). The molecule has 514 valence electrons. The highest BCUT2D eigenvalue weighted by Gasteiger charge is 2.50. The predicted octanol–water partition coefficient (Wildman–Crippen LogP) is 5.70. The zero-order valence-corrected chi connectivity index (χ0v) is 56.8. The van der Waals surface area contributed by atoms with Gasteiger partial charge in [0.2, 0.25) is 65.0 Å². The molecule has 0 bridgehead atoms. The first-order chi connectivity index (χ1) is 43.2. The first-order valence-electron chi connectivity index (χ1n) is 33.2. The number of alkyl halides is 3. The molecule has 92 heavy (non-hydrogen) atoms. The van der Waals surface area contributed by atoms with E-state index in [1.165, 1.54) is 70.7 Å². The molecule has 8 atom stereocenters. The number of fused-ring (bicyclic) bond motifs is 1. The fourth-order valence-corrected chi connectivity index (χ4v) is 13.9. The average molecular weight is 1320 g/mol. The third-order valence-corrected chi connectivity index (χ3v) is 19.8. The van der Waals surface area contributed by atoms with Gasteiger partial charge in [-0.3, -0.25) is 52.7 Å². The number of nitrogens with one attached hydrogen (secondary N) is 4. The molecule has 0 unspecified atom stereocenters. The highest BCUT2D eigenvalue weighted by atomic mass is 35.5. The number of aryl methyl sites for hydroxylation is 1. The fourth-order valence-electron chi connectivity index (χ4n) is 13.6. The van der Waals surface area contributed by atoms with Crippen LogP contribution in [-0.2, 0) is 65.3 Å². The Kier molecular flexibility index (Phi) is 26.4. The molecule has 3 saturated carbocycles. The molecule has 22 nitrogen and oxygen atoms in total. The number of carbonyl (C=O) groups is 11. The summed E-state index contributed by atoms with van der Waals surface area (Å²) in [4.78, 5) is 170. The molecule has 2 aliphatic heterocycles. The molecule has 5 fully saturated rings. The normalized spacial score (nSPS) is 26.8. The minimum atomic E-state index is -4.74. The van der Waals surface area contributed by atoms with Gasteiger partial charge in [0, 0.05) is 60.3 Å². The standard InChI is InChI=1S/C66H101ClF3N11O11/c1-13-41(6)56-63(91)76(9)37-54(84)75(8)38-55(85)78(11)51(35-43-20-15-14-16-21-43)62(90)81(45-25-26-45)36-52(82)72-48(28-24-44-23-27-46(47(67)34-44)66(68,69)70)61(89)80-31-19-22-49(80)59(87)74-65(29-17-18-30-65)64(92)79(12)57(40(4)5)60(88)71-42(7)33-53(83)77(10)50(32-39(2)3)58(86)73-56/h23,27,34,39-43,45,48-51,56-57H,13-22,24-26,28-33,35-38H2,1-12H3,(H,71,88)(H,72,82)(H,73,86)(H,74,87)/t41-,42+,48-,49-,50-,51-,56-,57-/m0/s1. The lowest BCUT2D eigenvalue weighted by atomic mass is 9.84. The van der Waals surface area contributed by atoms with Gasteiger partial charge in [0.25, 0.3) is 0 Å². The van der Waals surface area contributed by atoms with E-state index < -0.39 is 167 Å². The summed E-state index contributed by atoms with van der Waals surface area (Å²) in [6.45, 7) is 11.1. The number of likely N-dealkylation sites (N-methyl/N-ethyl adjacent to an activating group) is 5. The summed E-state index contributed by atoms with van der Waals surface area (Å²) >= 11 is 6.14. The molecule has 0 aromatic heterocycles. The monoisotopic (exact) mass is 1320 g/mol. The maximum absolute atomic E-state index is 15.2. The molecule has 26 heteroatoms. The third kappa shape index (κ3) is 19.1. The maximum Gasteiger partial charge on any atom is 0.417 e. The van der Waals surface area contributed by atoms with Gasteiger partial charge in [-0.15, -0.1) is 0 Å². The Hall–Kier alpha value is -6.53. The van der Waals surface area contributed by atoms with Gasteiger partial charge >= 0.3 is 6.18 Å². The summed E-state index contributed by atoms with van der Waals surface area (Å²) in [7, 11) is 7.25. The van der Waals surface area contributed by atoms with Crippen molar-refractivity contribution in [1.82, 2.24) is 55.6 Å². The molecule has 3 aliphatic carbocycles. The Labute approximate surface area is 545 Å². The van der Waals surface area contributed by atoms with Gasteiger partial charge in [0.05, 0.1) is 30.2 Å². The van der Waals surface area contributed by atoms with Gasteiger partial charge in [-0.1, -0.05) is 111 Å². The number of halogens is 4. The Morgan fingerprint density at radius 2 is 1.28 bits per heavy atom. The van der Waals surface area contributed by atoms with Crippen LogP contribution in [0.2, 0.25) is 5.02 Å². The number of amides is 11. The van der Waals surface area contributed by atoms with Crippen molar-refractivity contribution in [3.8, 4) is 0 Å². The third-order valence-electron chi connectivity index (χ3n) is 19.5. The molecular formula is C66H101ClF3N11O11. The molecule has 11 amide bonds. The van der Waals surface area contributed by atoms with Gasteiger partial charge in [-0.05, 0) is 112 Å². The minimum absolute atomic E-state index is 0.0456. The second-order valence-corrected chi connectivity index (χ2v) is 28.0. The van der Waals surface area contributed by atoms with Crippen LogP contribution in [0.15, 0.2) is 18.2 Å². The Morgan fingerprint density at radius 1 is 0.652 bits per heavy atom. The molecule has 1 aromatic carbocycles. The van der Waals surface area contributed by atoms with Crippen LogP contribution >= 0.6 is 11.6 Å². The van der Waals surface area contributed by atoms with Crippen molar-refractivity contribution in [1.29, 1.82) is 0 Å². The highest BCUT2D eigenvalue weighted by molar-refractivity contribution is 6.31. The van der Waals surface area contributed by atoms with E-state index in [9.17, 15) is 51.5 Å². The summed E-state index contributed by atoms with van der Waals surface area (Å²) in [6, 6.07) is -4.89. The zero-order valence-electron chi connectivity index (χ0n) is 56.1. The number of nitrogens with zero attached hydrogens (tertiary/aromatic N) is 7. The summed E-state index contributed by atoms with van der Waals surface area (Å²) in [5.41, 5.74) is -2.23. The van der Waals surface area contributed by atoms with Crippen LogP contribution in [-0.4, -0.2) is 215 Å². The number of carbonyl (C=O) groups excluding carboxylic acids is 11. The van der Waals surface area contributed by atoms with E-state index in [1.807, 2.05) is 20.8 Å². The topological polar surface area (TPSA) is 259 Å². The smallest absolute Gasteiger partial charge is 0.351 e. The van der Waals surface area contributed by atoms with Gasteiger partial charge in [0.15, 0.2) is 0 Å². The largest absolute Gasteiger partial charge is 0.417 e. The van der Waals surface area contributed by atoms with Crippen molar-refractivity contribution in [3.63, 3.8) is 0 Å². The number of benzene rings is 1. The molecule has 5 aliphatic rings. The first-order valence-corrected chi connectivity index (χ1v) is 33.5. The molecule has 1 aromatic rings. The molecule has 0 radical (unpaired) electrons. The van der Waals surface area contributed by atoms with Gasteiger partial charge in [-0.2, -0.15) is 13.2 Å². The van der Waals surface area contributed by atoms with Crippen molar-refractivity contribution in [2.75, 3.05) is 61.4 Å². The first kappa shape index (κ1) is 74.5. The lowest BCUT2D eigenvalue weighted by molar-refractivity contribution is -0.150. The van der Waals surface area contributed by atoms with Crippen molar-refractivity contribution in [2.24, 2.45) is 23.7 Å². The molecular weight excluding hydrogens is 1220 g/mol. The molecule has 2 heterocycles. The van der Waals surface area contributed by atoms with Crippen LogP contribution in [0.5, 0.6) is 0 Å². The highest BCUT2D eigenvalue weighted by Crippen LogP contribution is 2.37. The van der Waals surface area contributed by atoms with Gasteiger partial charge in [-0.25, -0.2) is 0 Å². The molecule has 1 spiro atoms. The zero-order chi connectivity index (χ0) is 68.3. The summed E-state index contributed by atoms with van der Waals surface area (Å²) in [5.74, 6) is -7.55. The van der Waals surface area contributed by atoms with Crippen molar-refractivity contribution in [2.45, 2.75) is 231 Å². The van der Waals surface area contributed by atoms with E-state index >= 15 is 14.4 Å². The van der Waals surface area contributed by atoms with Crippen LogP contribution in [0.1, 0.15) is 175 Å². The second kappa shape index (κ2) is 32.5. The van der Waals surface area contributed by atoms with E-state index in [1.54, 1.807) is 27.7 Å². The lowest BCUT2D eigenvalue weighted by Crippen LogP contribution is -2.64. The quantitative estimate of drug-likeness (QED) is 0.209. The van der Waals surface area contributed by atoms with Crippen LogP contribution < -0.4 is 21.3 Å². The van der Waals surface area contributed by atoms with Crippen LogP contribution in [0.25, 0.3) is 0 Å². The number of rotatable bonds is 11. The van der Waals surface area contributed by atoms with Crippen molar-refractivity contribution < 1.29 is 65.9 Å². The van der Waals surface area contributed by atoms with E-state index in [-0.39, 0.29) is 69.7 Å². The van der Waals surface area contributed by atoms with Gasteiger partial charge in [0.1, 0.15) is 41.8 Å². The van der Waals surface area contributed by atoms with E-state index in [2.05, 4.69) is 21.3 Å². The van der Waals surface area contributed by atoms with Crippen molar-refractivity contribution in [3.05, 3.63) is 34.3 Å². The maximum atomic E-state index is 15.2. The summed E-state index contributed by atoms with van der Waals surface area (Å²) in [5, 5.41) is 11.1. The van der Waals surface area contributed by atoms with E-state index in [0.717, 1.165) is 49.1 Å². The molecule has 2 saturated heterocycles. The SMILES string of the molecule is CC[C@H](C)[C@@H]1NC(=O)[C@H](CC(C)C)N(C)C(=O)C[C@@H](C)NC(=O)[C@H](C(C)C)N(C)C(=O)C2(CCCC2)NC(=O)[C@@H]2CCCN2C(=O)[C@H](CCc2ccc(C(F)(F)F)c(Cl)c2)NC(=O)CN(C2CC2)C(=O)[C@H](CC2CCCCC2)N(C)C(=O)CN(C)C(=O)CN(C)C1=O. The number of hydrogen-bond donors (Lipinski definition) is 4.